The van der Waals surface area contributed by atoms with Crippen molar-refractivity contribution in [2.24, 2.45) is 0 Å². The first-order valence-corrected chi connectivity index (χ1v) is 12.0. The topological polar surface area (TPSA) is 83.6 Å². The Hall–Kier alpha value is -3.16. The monoisotopic (exact) mass is 468 g/mol. The molecule has 0 unspecified atom stereocenters. The van der Waals surface area contributed by atoms with Crippen LogP contribution in [-0.4, -0.2) is 26.8 Å². The van der Waals surface area contributed by atoms with E-state index in [4.69, 9.17) is 11.6 Å². The van der Waals surface area contributed by atoms with Gasteiger partial charge in [-0.05, 0) is 54.4 Å². The van der Waals surface area contributed by atoms with Crippen LogP contribution in [0.1, 0.15) is 39.6 Å². The maximum Gasteiger partial charge on any atom is 0.259 e. The molecule has 6 nitrogen and oxygen atoms in total. The Bertz CT molecular complexity index is 1320. The molecule has 0 aromatic heterocycles. The van der Waals surface area contributed by atoms with E-state index in [1.807, 2.05) is 13.0 Å². The van der Waals surface area contributed by atoms with E-state index in [0.29, 0.717) is 11.6 Å². The van der Waals surface area contributed by atoms with Crippen LogP contribution in [0.5, 0.6) is 0 Å². The first kappa shape index (κ1) is 22.0. The smallest absolute Gasteiger partial charge is 0.259 e. The molecule has 3 aromatic carbocycles. The summed E-state index contributed by atoms with van der Waals surface area (Å²) in [7, 11) is -3.98. The number of nitrogens with one attached hydrogen (secondary N) is 1. The van der Waals surface area contributed by atoms with E-state index >= 15 is 0 Å². The molecule has 164 valence electrons. The summed E-state index contributed by atoms with van der Waals surface area (Å²) in [5, 5.41) is 3.29. The molecule has 0 spiro atoms. The molecule has 0 saturated heterocycles. The lowest BCUT2D eigenvalue weighted by Crippen LogP contribution is -2.31. The average molecular weight is 469 g/mol. The van der Waals surface area contributed by atoms with Crippen molar-refractivity contribution < 1.29 is 18.0 Å². The summed E-state index contributed by atoms with van der Waals surface area (Å²) in [6.07, 6.45) is 0.764. The number of sulfone groups is 1. The van der Waals surface area contributed by atoms with E-state index in [0.717, 1.165) is 12.0 Å². The number of carbonyl (C=O) groups is 2. The molecule has 1 aliphatic rings. The van der Waals surface area contributed by atoms with Crippen molar-refractivity contribution >= 4 is 38.9 Å². The maximum atomic E-state index is 13.6. The zero-order chi connectivity index (χ0) is 22.9. The first-order chi connectivity index (χ1) is 15.3. The van der Waals surface area contributed by atoms with Gasteiger partial charge < -0.3 is 10.2 Å². The zero-order valence-electron chi connectivity index (χ0n) is 17.3. The minimum absolute atomic E-state index is 0.0233. The van der Waals surface area contributed by atoms with Crippen LogP contribution in [0.3, 0.4) is 0 Å². The van der Waals surface area contributed by atoms with Gasteiger partial charge >= 0.3 is 0 Å². The first-order valence-electron chi connectivity index (χ1n) is 10.2. The maximum absolute atomic E-state index is 13.6. The molecular formula is C24H21ClN2O4S. The van der Waals surface area contributed by atoms with Gasteiger partial charge in [-0.1, -0.05) is 42.8 Å². The summed E-state index contributed by atoms with van der Waals surface area (Å²) in [6.45, 7) is 2.52. The summed E-state index contributed by atoms with van der Waals surface area (Å²) in [6, 6.07) is 17.5. The van der Waals surface area contributed by atoms with Crippen LogP contribution in [-0.2, 0) is 16.4 Å². The fraction of sp³-hybridized carbons (Fsp3) is 0.167. The van der Waals surface area contributed by atoms with E-state index in [-0.39, 0.29) is 39.1 Å². The number of hydrogen-bond donors (Lipinski definition) is 1. The molecule has 8 heteroatoms. The summed E-state index contributed by atoms with van der Waals surface area (Å²) in [5.41, 5.74) is 1.26. The van der Waals surface area contributed by atoms with E-state index in [2.05, 4.69) is 5.32 Å². The molecule has 1 aliphatic heterocycles. The van der Waals surface area contributed by atoms with Crippen molar-refractivity contribution in [1.82, 2.24) is 5.32 Å². The fourth-order valence-corrected chi connectivity index (χ4v) is 5.51. The number of carbonyl (C=O) groups excluding carboxylic acids is 2. The quantitative estimate of drug-likeness (QED) is 0.598. The van der Waals surface area contributed by atoms with Crippen LogP contribution in [0.4, 0.5) is 5.69 Å². The van der Waals surface area contributed by atoms with Crippen molar-refractivity contribution in [3.05, 3.63) is 88.4 Å². The summed E-state index contributed by atoms with van der Waals surface area (Å²) < 4.78 is 26.9. The van der Waals surface area contributed by atoms with Crippen LogP contribution in [0.15, 0.2) is 76.5 Å². The molecule has 0 fully saturated rings. The van der Waals surface area contributed by atoms with Crippen LogP contribution in [0.2, 0.25) is 5.02 Å². The molecule has 1 N–H and O–H groups in total. The Morgan fingerprint density at radius 1 is 1.00 bits per heavy atom. The van der Waals surface area contributed by atoms with E-state index in [9.17, 15) is 18.0 Å². The Morgan fingerprint density at radius 3 is 2.53 bits per heavy atom. The highest BCUT2D eigenvalue weighted by Gasteiger charge is 2.36. The number of fused-ring (bicyclic) bond motifs is 2. The van der Waals surface area contributed by atoms with Crippen LogP contribution in [0.25, 0.3) is 0 Å². The highest BCUT2D eigenvalue weighted by molar-refractivity contribution is 7.91. The second-order valence-corrected chi connectivity index (χ2v) is 9.78. The number of rotatable bonds is 5. The summed E-state index contributed by atoms with van der Waals surface area (Å²) >= 11 is 6.12. The van der Waals surface area contributed by atoms with Gasteiger partial charge in [-0.2, -0.15) is 0 Å². The lowest BCUT2D eigenvalue weighted by atomic mass is 10.1. The van der Waals surface area contributed by atoms with Gasteiger partial charge in [0.1, 0.15) is 0 Å². The number of halogens is 1. The van der Waals surface area contributed by atoms with Gasteiger partial charge in [0.15, 0.2) is 0 Å². The highest BCUT2D eigenvalue weighted by atomic mass is 35.5. The molecular weight excluding hydrogens is 448 g/mol. The molecule has 0 atom stereocenters. The third kappa shape index (κ3) is 4.01. The number of anilines is 1. The summed E-state index contributed by atoms with van der Waals surface area (Å²) in [5.74, 6) is -0.794. The van der Waals surface area contributed by atoms with Crippen LogP contribution in [0, 0.1) is 0 Å². The number of benzene rings is 3. The second-order valence-electron chi connectivity index (χ2n) is 7.46. The highest BCUT2D eigenvalue weighted by Crippen LogP contribution is 2.38. The van der Waals surface area contributed by atoms with Gasteiger partial charge in [-0.25, -0.2) is 8.42 Å². The molecule has 2 amide bonds. The minimum atomic E-state index is -3.98. The third-order valence-electron chi connectivity index (χ3n) is 5.22. The molecule has 3 aromatic rings. The van der Waals surface area contributed by atoms with E-state index in [1.165, 1.54) is 35.2 Å². The Morgan fingerprint density at radius 2 is 1.78 bits per heavy atom. The molecule has 0 saturated carbocycles. The molecule has 0 aliphatic carbocycles. The van der Waals surface area contributed by atoms with Crippen LogP contribution < -0.4 is 10.2 Å². The van der Waals surface area contributed by atoms with Gasteiger partial charge in [0.25, 0.3) is 11.8 Å². The standard InChI is InChI=1S/C24H21ClN2O4S/c1-2-12-26-23(28)17-10-11-22-20(14-17)27(15-16-6-5-7-18(25)13-16)24(29)19-8-3-4-9-21(19)32(22,30)31/h3-11,13-14H,2,12,15H2,1H3,(H,26,28). The Balaban J connectivity index is 1.92. The lowest BCUT2D eigenvalue weighted by molar-refractivity contribution is 0.0950. The third-order valence-corrected chi connectivity index (χ3v) is 7.31. The van der Waals surface area contributed by atoms with Gasteiger partial charge in [-0.15, -0.1) is 0 Å². The normalized spacial score (nSPS) is 14.3. The van der Waals surface area contributed by atoms with Crippen LogP contribution >= 0.6 is 11.6 Å². The number of hydrogen-bond acceptors (Lipinski definition) is 4. The average Bonchev–Trinajstić information content (AvgIpc) is 2.86. The number of amides is 2. The minimum Gasteiger partial charge on any atom is -0.352 e. The molecule has 4 rings (SSSR count). The van der Waals surface area contributed by atoms with Gasteiger partial charge in [-0.3, -0.25) is 9.59 Å². The van der Waals surface area contributed by atoms with Gasteiger partial charge in [0.2, 0.25) is 9.84 Å². The molecule has 0 bridgehead atoms. The Labute approximate surface area is 191 Å². The predicted octanol–water partition coefficient (Wildman–Crippen LogP) is 4.47. The largest absolute Gasteiger partial charge is 0.352 e. The van der Waals surface area contributed by atoms with E-state index in [1.54, 1.807) is 30.3 Å². The fourth-order valence-electron chi connectivity index (χ4n) is 3.66. The van der Waals surface area contributed by atoms with Crippen molar-refractivity contribution in [2.75, 3.05) is 11.4 Å². The van der Waals surface area contributed by atoms with Crippen molar-refractivity contribution in [1.29, 1.82) is 0 Å². The predicted molar refractivity (Wildman–Crippen MR) is 123 cm³/mol. The van der Waals surface area contributed by atoms with Gasteiger partial charge in [0.05, 0.1) is 27.6 Å². The molecule has 1 heterocycles. The van der Waals surface area contributed by atoms with Crippen molar-refractivity contribution in [3.8, 4) is 0 Å². The number of nitrogens with zero attached hydrogens (tertiary/aromatic N) is 1. The molecule has 0 radical (unpaired) electrons. The van der Waals surface area contributed by atoms with Crippen molar-refractivity contribution in [3.63, 3.8) is 0 Å². The second kappa shape index (κ2) is 8.76. The van der Waals surface area contributed by atoms with Crippen molar-refractivity contribution in [2.45, 2.75) is 29.7 Å². The SMILES string of the molecule is CCCNC(=O)c1ccc2c(c1)N(Cc1cccc(Cl)c1)C(=O)c1ccccc1S2(=O)=O. The van der Waals surface area contributed by atoms with Gasteiger partial charge in [0, 0.05) is 17.1 Å². The molecule has 32 heavy (non-hydrogen) atoms. The van der Waals surface area contributed by atoms with E-state index < -0.39 is 15.7 Å². The zero-order valence-corrected chi connectivity index (χ0v) is 18.9. The lowest BCUT2D eigenvalue weighted by Gasteiger charge is -2.23. The summed E-state index contributed by atoms with van der Waals surface area (Å²) in [4.78, 5) is 27.4. The Kier molecular flexibility index (Phi) is 6.04.